The lowest BCUT2D eigenvalue weighted by molar-refractivity contribution is 0.284. The van der Waals surface area contributed by atoms with E-state index in [1.807, 2.05) is 0 Å². The van der Waals surface area contributed by atoms with E-state index >= 15 is 0 Å². The van der Waals surface area contributed by atoms with Crippen molar-refractivity contribution in [3.05, 3.63) is 15.5 Å². The molecule has 3 nitrogen and oxygen atoms in total. The summed E-state index contributed by atoms with van der Waals surface area (Å²) in [6.07, 6.45) is 2.59. The molecule has 1 aliphatic heterocycles. The first kappa shape index (κ1) is 10.8. The molecule has 0 aromatic carbocycles. The number of ether oxygens (including phenoxy) is 1. The number of nitrogens with zero attached hydrogens (tertiary/aromatic N) is 2. The molecule has 0 bridgehead atoms. The van der Waals surface area contributed by atoms with Gasteiger partial charge in [0.2, 0.25) is 0 Å². The molecule has 2 heterocycles. The Morgan fingerprint density at radius 3 is 2.65 bits per heavy atom. The lowest BCUT2D eigenvalue weighted by atomic mass is 9.99. The van der Waals surface area contributed by atoms with Crippen molar-refractivity contribution in [2.75, 3.05) is 6.61 Å². The highest BCUT2D eigenvalue weighted by molar-refractivity contribution is 14.1. The van der Waals surface area contributed by atoms with Crippen molar-refractivity contribution < 1.29 is 4.74 Å². The van der Waals surface area contributed by atoms with Crippen LogP contribution in [0.3, 0.4) is 0 Å². The van der Waals surface area contributed by atoms with E-state index in [-0.39, 0.29) is 0 Å². The molecule has 4 rings (SSSR count). The fourth-order valence-electron chi connectivity index (χ4n) is 3.76. The Labute approximate surface area is 115 Å². The lowest BCUT2D eigenvalue weighted by Crippen LogP contribution is -2.12. The van der Waals surface area contributed by atoms with Crippen LogP contribution in [-0.2, 0) is 4.74 Å². The van der Waals surface area contributed by atoms with Crippen LogP contribution in [0.25, 0.3) is 0 Å². The SMILES string of the molecule is CC(C)n1nc(I)cc1[C@H]1[C@@H]2CC3(CO3)C[C@@H]21. The number of epoxide rings is 1. The van der Waals surface area contributed by atoms with Gasteiger partial charge in [0.1, 0.15) is 3.70 Å². The van der Waals surface area contributed by atoms with Gasteiger partial charge < -0.3 is 4.74 Å². The zero-order chi connectivity index (χ0) is 11.8. The Bertz CT molecular complexity index is 464. The van der Waals surface area contributed by atoms with Crippen LogP contribution in [0.4, 0.5) is 0 Å². The minimum Gasteiger partial charge on any atom is -0.370 e. The number of hydrogen-bond donors (Lipinski definition) is 0. The molecule has 2 saturated carbocycles. The van der Waals surface area contributed by atoms with Crippen LogP contribution in [0.1, 0.15) is 44.3 Å². The van der Waals surface area contributed by atoms with Gasteiger partial charge in [-0.1, -0.05) is 0 Å². The van der Waals surface area contributed by atoms with Gasteiger partial charge in [0.25, 0.3) is 0 Å². The van der Waals surface area contributed by atoms with Crippen molar-refractivity contribution in [3.63, 3.8) is 0 Å². The van der Waals surface area contributed by atoms with Gasteiger partial charge in [0.05, 0.1) is 12.2 Å². The summed E-state index contributed by atoms with van der Waals surface area (Å²) in [6, 6.07) is 2.75. The van der Waals surface area contributed by atoms with Crippen LogP contribution in [-0.4, -0.2) is 22.0 Å². The molecule has 1 saturated heterocycles. The average Bonchev–Trinajstić information content (AvgIpc) is 3.04. The molecule has 0 radical (unpaired) electrons. The van der Waals surface area contributed by atoms with Crippen molar-refractivity contribution in [3.8, 4) is 0 Å². The van der Waals surface area contributed by atoms with Gasteiger partial charge >= 0.3 is 0 Å². The van der Waals surface area contributed by atoms with Crippen LogP contribution in [0.5, 0.6) is 0 Å². The third-order valence-electron chi connectivity index (χ3n) is 4.67. The fourth-order valence-corrected chi connectivity index (χ4v) is 4.31. The number of aromatic nitrogens is 2. The van der Waals surface area contributed by atoms with Crippen molar-refractivity contribution >= 4 is 22.6 Å². The largest absolute Gasteiger partial charge is 0.370 e. The monoisotopic (exact) mass is 344 g/mol. The minimum absolute atomic E-state index is 0.335. The molecule has 1 unspecified atom stereocenters. The van der Waals surface area contributed by atoms with E-state index in [0.29, 0.717) is 11.6 Å². The lowest BCUT2D eigenvalue weighted by Gasteiger charge is -2.13. The van der Waals surface area contributed by atoms with Crippen molar-refractivity contribution in [1.82, 2.24) is 9.78 Å². The maximum Gasteiger partial charge on any atom is 0.123 e. The molecule has 3 aliphatic rings. The molecular weight excluding hydrogens is 327 g/mol. The summed E-state index contributed by atoms with van der Waals surface area (Å²) in [5, 5.41) is 4.62. The molecule has 1 aromatic rings. The smallest absolute Gasteiger partial charge is 0.123 e. The molecule has 0 N–H and O–H groups in total. The summed E-state index contributed by atoms with van der Waals surface area (Å²) in [7, 11) is 0. The van der Waals surface area contributed by atoms with Gasteiger partial charge in [0.15, 0.2) is 0 Å². The van der Waals surface area contributed by atoms with Gasteiger partial charge in [-0.15, -0.1) is 0 Å². The molecule has 1 aromatic heterocycles. The maximum atomic E-state index is 5.60. The zero-order valence-corrected chi connectivity index (χ0v) is 12.3. The molecular formula is C13H17IN2O. The molecule has 4 heteroatoms. The highest BCUT2D eigenvalue weighted by atomic mass is 127. The van der Waals surface area contributed by atoms with Crippen LogP contribution < -0.4 is 0 Å². The van der Waals surface area contributed by atoms with E-state index < -0.39 is 0 Å². The summed E-state index contributed by atoms with van der Waals surface area (Å²) >= 11 is 2.33. The number of rotatable bonds is 2. The molecule has 4 atom stereocenters. The first-order valence-electron chi connectivity index (χ1n) is 6.49. The van der Waals surface area contributed by atoms with E-state index in [1.165, 1.54) is 18.5 Å². The van der Waals surface area contributed by atoms with Crippen LogP contribution in [0.15, 0.2) is 6.07 Å². The maximum absolute atomic E-state index is 5.60. The molecule has 1 spiro atoms. The second-order valence-corrected chi connectivity index (χ2v) is 7.27. The summed E-state index contributed by atoms with van der Waals surface area (Å²) in [5.74, 6) is 2.52. The van der Waals surface area contributed by atoms with Crippen molar-refractivity contribution in [2.45, 2.75) is 44.2 Å². The van der Waals surface area contributed by atoms with Gasteiger partial charge in [0, 0.05) is 17.7 Å². The molecule has 3 fully saturated rings. The Morgan fingerprint density at radius 2 is 2.12 bits per heavy atom. The van der Waals surface area contributed by atoms with E-state index in [4.69, 9.17) is 4.74 Å². The first-order valence-corrected chi connectivity index (χ1v) is 7.56. The van der Waals surface area contributed by atoms with Gasteiger partial charge in [-0.2, -0.15) is 5.10 Å². The van der Waals surface area contributed by atoms with Gasteiger partial charge in [-0.25, -0.2) is 0 Å². The van der Waals surface area contributed by atoms with Gasteiger partial charge in [-0.3, -0.25) is 4.68 Å². The Kier molecular flexibility index (Phi) is 2.07. The highest BCUT2D eigenvalue weighted by Crippen LogP contribution is 2.69. The Hall–Kier alpha value is -0.100. The third-order valence-corrected chi connectivity index (χ3v) is 5.19. The molecule has 92 valence electrons. The topological polar surface area (TPSA) is 30.4 Å². The number of fused-ring (bicyclic) bond motifs is 1. The summed E-state index contributed by atoms with van der Waals surface area (Å²) in [6.45, 7) is 5.46. The zero-order valence-electron chi connectivity index (χ0n) is 10.2. The summed E-state index contributed by atoms with van der Waals surface area (Å²) < 4.78 is 8.96. The molecule has 17 heavy (non-hydrogen) atoms. The second kappa shape index (κ2) is 3.26. The normalized spacial score (nSPS) is 42.2. The predicted molar refractivity (Wildman–Crippen MR) is 73.0 cm³/mol. The fraction of sp³-hybridized carbons (Fsp3) is 0.769. The predicted octanol–water partition coefficient (Wildman–Crippen LogP) is 2.96. The quantitative estimate of drug-likeness (QED) is 0.610. The standard InChI is InChI=1S/C13H17IN2O/c1-7(2)16-10(3-11(14)15-16)12-8-4-13(6-17-13)5-9(8)12/h3,7-9,12H,4-6H2,1-2H3/t8-,9+,12+,13?. The van der Waals surface area contributed by atoms with Crippen LogP contribution >= 0.6 is 22.6 Å². The third kappa shape index (κ3) is 1.52. The Morgan fingerprint density at radius 1 is 1.47 bits per heavy atom. The van der Waals surface area contributed by atoms with Crippen LogP contribution in [0, 0.1) is 15.5 Å². The summed E-state index contributed by atoms with van der Waals surface area (Å²) in [4.78, 5) is 0. The highest BCUT2D eigenvalue weighted by Gasteiger charge is 2.67. The van der Waals surface area contributed by atoms with Crippen molar-refractivity contribution in [2.24, 2.45) is 11.8 Å². The second-order valence-electron chi connectivity index (χ2n) is 6.16. The number of hydrogen-bond acceptors (Lipinski definition) is 2. The Balaban J connectivity index is 1.61. The first-order chi connectivity index (χ1) is 8.10. The van der Waals surface area contributed by atoms with Crippen molar-refractivity contribution in [1.29, 1.82) is 0 Å². The van der Waals surface area contributed by atoms with Gasteiger partial charge in [-0.05, 0) is 67.2 Å². The minimum atomic E-state index is 0.335. The summed E-state index contributed by atoms with van der Waals surface area (Å²) in [5.41, 5.74) is 1.80. The average molecular weight is 344 g/mol. The number of halogens is 1. The van der Waals surface area contributed by atoms with Crippen LogP contribution in [0.2, 0.25) is 0 Å². The van der Waals surface area contributed by atoms with E-state index in [9.17, 15) is 0 Å². The molecule has 0 amide bonds. The van der Waals surface area contributed by atoms with E-state index in [0.717, 1.165) is 28.1 Å². The van der Waals surface area contributed by atoms with E-state index in [1.54, 1.807) is 0 Å². The van der Waals surface area contributed by atoms with E-state index in [2.05, 4.69) is 52.3 Å². The molecule has 2 aliphatic carbocycles.